The van der Waals surface area contributed by atoms with Crippen molar-refractivity contribution in [3.05, 3.63) is 12.7 Å². The monoisotopic (exact) mass is 155 g/mol. The molecular formula is C10H21N. The molecular weight excluding hydrogens is 134 g/mol. The Bertz CT molecular complexity index is 88.9. The summed E-state index contributed by atoms with van der Waals surface area (Å²) in [5.41, 5.74) is 0. The second-order valence-corrected chi connectivity index (χ2v) is 3.19. The number of unbranched alkanes of at least 4 members (excludes halogenated alkanes) is 1. The second-order valence-electron chi connectivity index (χ2n) is 3.19. The van der Waals surface area contributed by atoms with Crippen molar-refractivity contribution < 1.29 is 0 Å². The molecule has 0 rings (SSSR count). The molecule has 0 fully saturated rings. The third kappa shape index (κ3) is 7.60. The van der Waals surface area contributed by atoms with Crippen LogP contribution in [0.3, 0.4) is 0 Å². The smallest absolute Gasteiger partial charge is 0.0132 e. The van der Waals surface area contributed by atoms with E-state index in [1.54, 1.807) is 0 Å². The molecule has 1 nitrogen and oxygen atoms in total. The van der Waals surface area contributed by atoms with E-state index in [0.717, 1.165) is 19.0 Å². The Morgan fingerprint density at radius 1 is 1.55 bits per heavy atom. The van der Waals surface area contributed by atoms with E-state index >= 15 is 0 Å². The minimum absolute atomic E-state index is 0.815. The second kappa shape index (κ2) is 7.80. The van der Waals surface area contributed by atoms with Crippen LogP contribution in [0.4, 0.5) is 0 Å². The van der Waals surface area contributed by atoms with Gasteiger partial charge in [-0.2, -0.15) is 0 Å². The van der Waals surface area contributed by atoms with Crippen molar-refractivity contribution in [1.82, 2.24) is 5.32 Å². The van der Waals surface area contributed by atoms with Crippen molar-refractivity contribution in [1.29, 1.82) is 0 Å². The van der Waals surface area contributed by atoms with Gasteiger partial charge in [0.1, 0.15) is 0 Å². The average Bonchev–Trinajstić information content (AvgIpc) is 2.01. The van der Waals surface area contributed by atoms with Crippen LogP contribution in [0.15, 0.2) is 12.7 Å². The van der Waals surface area contributed by atoms with Gasteiger partial charge in [0.05, 0.1) is 0 Å². The van der Waals surface area contributed by atoms with Gasteiger partial charge in [-0.3, -0.25) is 0 Å². The average molecular weight is 155 g/mol. The first-order chi connectivity index (χ1) is 5.31. The zero-order chi connectivity index (χ0) is 8.53. The zero-order valence-corrected chi connectivity index (χ0v) is 7.90. The standard InChI is InChI=1S/C10H21N/c1-4-6-7-10(3)9-11-8-5-2/h5,10-11H,2,4,6-9H2,1,3H3. The molecule has 11 heavy (non-hydrogen) atoms. The molecule has 0 radical (unpaired) electrons. The van der Waals surface area contributed by atoms with E-state index in [-0.39, 0.29) is 0 Å². The first-order valence-electron chi connectivity index (χ1n) is 4.62. The first kappa shape index (κ1) is 10.7. The van der Waals surface area contributed by atoms with Crippen molar-refractivity contribution in [2.75, 3.05) is 13.1 Å². The molecule has 0 saturated carbocycles. The summed E-state index contributed by atoms with van der Waals surface area (Å²) >= 11 is 0. The molecule has 0 aliphatic carbocycles. The highest BCUT2D eigenvalue weighted by Crippen LogP contribution is 2.05. The maximum atomic E-state index is 3.66. The Kier molecular flexibility index (Phi) is 7.59. The van der Waals surface area contributed by atoms with Crippen LogP contribution in [0.1, 0.15) is 33.1 Å². The summed E-state index contributed by atoms with van der Waals surface area (Å²) in [5, 5.41) is 3.33. The normalized spacial score (nSPS) is 12.9. The minimum atomic E-state index is 0.815. The van der Waals surface area contributed by atoms with Gasteiger partial charge in [0.25, 0.3) is 0 Å². The molecule has 0 aromatic heterocycles. The van der Waals surface area contributed by atoms with Crippen molar-refractivity contribution >= 4 is 0 Å². The lowest BCUT2D eigenvalue weighted by molar-refractivity contribution is 0.475. The van der Waals surface area contributed by atoms with Gasteiger partial charge >= 0.3 is 0 Å². The highest BCUT2D eigenvalue weighted by molar-refractivity contribution is 4.70. The Labute approximate surface area is 70.9 Å². The van der Waals surface area contributed by atoms with Gasteiger partial charge < -0.3 is 5.32 Å². The van der Waals surface area contributed by atoms with Gasteiger partial charge in [0.15, 0.2) is 0 Å². The number of hydrogen-bond acceptors (Lipinski definition) is 1. The molecule has 0 aromatic carbocycles. The van der Waals surface area contributed by atoms with Crippen molar-refractivity contribution in [3.63, 3.8) is 0 Å². The van der Waals surface area contributed by atoms with E-state index in [0.29, 0.717) is 0 Å². The molecule has 1 N–H and O–H groups in total. The molecule has 1 unspecified atom stereocenters. The summed E-state index contributed by atoms with van der Waals surface area (Å²) < 4.78 is 0. The molecule has 0 aliphatic rings. The molecule has 0 heterocycles. The minimum Gasteiger partial charge on any atom is -0.313 e. The Morgan fingerprint density at radius 2 is 2.27 bits per heavy atom. The van der Waals surface area contributed by atoms with E-state index in [2.05, 4.69) is 25.7 Å². The molecule has 1 heteroatoms. The summed E-state index contributed by atoms with van der Waals surface area (Å²) in [4.78, 5) is 0. The van der Waals surface area contributed by atoms with E-state index in [4.69, 9.17) is 0 Å². The van der Waals surface area contributed by atoms with Gasteiger partial charge in [-0.1, -0.05) is 32.8 Å². The van der Waals surface area contributed by atoms with Gasteiger partial charge in [-0.25, -0.2) is 0 Å². The van der Waals surface area contributed by atoms with E-state index < -0.39 is 0 Å². The van der Waals surface area contributed by atoms with Crippen LogP contribution < -0.4 is 5.32 Å². The quantitative estimate of drug-likeness (QED) is 0.440. The number of rotatable bonds is 7. The largest absolute Gasteiger partial charge is 0.313 e. The Morgan fingerprint density at radius 3 is 2.82 bits per heavy atom. The summed E-state index contributed by atoms with van der Waals surface area (Å²) in [6, 6.07) is 0. The van der Waals surface area contributed by atoms with Crippen LogP contribution in [0.5, 0.6) is 0 Å². The molecule has 0 aromatic rings. The Balaban J connectivity index is 3.08. The van der Waals surface area contributed by atoms with Crippen LogP contribution in [0.25, 0.3) is 0 Å². The van der Waals surface area contributed by atoms with Gasteiger partial charge in [0, 0.05) is 6.54 Å². The van der Waals surface area contributed by atoms with Crippen LogP contribution in [0.2, 0.25) is 0 Å². The van der Waals surface area contributed by atoms with Crippen LogP contribution in [-0.4, -0.2) is 13.1 Å². The maximum absolute atomic E-state index is 3.66. The highest BCUT2D eigenvalue weighted by atomic mass is 14.8. The lowest BCUT2D eigenvalue weighted by atomic mass is 10.0. The third-order valence-electron chi connectivity index (χ3n) is 1.83. The van der Waals surface area contributed by atoms with Gasteiger partial charge in [-0.15, -0.1) is 6.58 Å². The van der Waals surface area contributed by atoms with Crippen molar-refractivity contribution in [2.45, 2.75) is 33.1 Å². The van der Waals surface area contributed by atoms with Crippen LogP contribution in [-0.2, 0) is 0 Å². The van der Waals surface area contributed by atoms with Gasteiger partial charge in [0.2, 0.25) is 0 Å². The molecule has 0 saturated heterocycles. The third-order valence-corrected chi connectivity index (χ3v) is 1.83. The molecule has 1 atom stereocenters. The highest BCUT2D eigenvalue weighted by Gasteiger charge is 1.98. The molecule has 0 bridgehead atoms. The van der Waals surface area contributed by atoms with Crippen molar-refractivity contribution in [3.8, 4) is 0 Å². The van der Waals surface area contributed by atoms with Crippen molar-refractivity contribution in [2.24, 2.45) is 5.92 Å². The molecule has 0 amide bonds. The summed E-state index contributed by atoms with van der Waals surface area (Å²) in [5.74, 6) is 0.815. The lowest BCUT2D eigenvalue weighted by Crippen LogP contribution is -2.20. The van der Waals surface area contributed by atoms with E-state index in [1.807, 2.05) is 6.08 Å². The summed E-state index contributed by atoms with van der Waals surface area (Å²) in [6.45, 7) is 10.3. The maximum Gasteiger partial charge on any atom is 0.0132 e. The predicted octanol–water partition coefficient (Wildman–Crippen LogP) is 2.59. The number of nitrogens with one attached hydrogen (secondary N) is 1. The van der Waals surface area contributed by atoms with Gasteiger partial charge in [-0.05, 0) is 18.9 Å². The fraction of sp³-hybridized carbons (Fsp3) is 0.800. The molecule has 0 aliphatic heterocycles. The van der Waals surface area contributed by atoms with E-state index in [9.17, 15) is 0 Å². The van der Waals surface area contributed by atoms with E-state index in [1.165, 1.54) is 19.3 Å². The number of hydrogen-bond donors (Lipinski definition) is 1. The van der Waals surface area contributed by atoms with Crippen LogP contribution >= 0.6 is 0 Å². The summed E-state index contributed by atoms with van der Waals surface area (Å²) in [7, 11) is 0. The fourth-order valence-corrected chi connectivity index (χ4v) is 1.09. The zero-order valence-electron chi connectivity index (χ0n) is 7.90. The first-order valence-corrected chi connectivity index (χ1v) is 4.62. The lowest BCUT2D eigenvalue weighted by Gasteiger charge is -2.10. The Hall–Kier alpha value is -0.300. The molecule has 0 spiro atoms. The predicted molar refractivity (Wildman–Crippen MR) is 51.8 cm³/mol. The fourth-order valence-electron chi connectivity index (χ4n) is 1.09. The van der Waals surface area contributed by atoms with Crippen LogP contribution in [0, 0.1) is 5.92 Å². The summed E-state index contributed by atoms with van der Waals surface area (Å²) in [6.07, 6.45) is 5.93. The topological polar surface area (TPSA) is 12.0 Å². The molecule has 66 valence electrons. The SMILES string of the molecule is C=CCNCC(C)CCCC.